The molecule has 4 heteroatoms. The zero-order valence-corrected chi connectivity index (χ0v) is 11.7. The summed E-state index contributed by atoms with van der Waals surface area (Å²) in [5, 5.41) is 3.14. The SMILES string of the molecule is Cc1ccc(C(=O)NC2CCCCC2C)c(NN)c1. The van der Waals surface area contributed by atoms with Crippen LogP contribution >= 0.6 is 0 Å². The number of amides is 1. The molecule has 0 saturated heterocycles. The number of nitrogens with one attached hydrogen (secondary N) is 2. The van der Waals surface area contributed by atoms with Crippen molar-refractivity contribution in [1.82, 2.24) is 5.32 Å². The normalized spacial score (nSPS) is 22.9. The van der Waals surface area contributed by atoms with E-state index >= 15 is 0 Å². The first-order valence-electron chi connectivity index (χ1n) is 7.00. The Hall–Kier alpha value is -1.55. The van der Waals surface area contributed by atoms with Gasteiger partial charge in [0, 0.05) is 6.04 Å². The van der Waals surface area contributed by atoms with Gasteiger partial charge in [0.1, 0.15) is 0 Å². The summed E-state index contributed by atoms with van der Waals surface area (Å²) in [6.45, 7) is 4.19. The quantitative estimate of drug-likeness (QED) is 0.578. The lowest BCUT2D eigenvalue weighted by Crippen LogP contribution is -2.41. The summed E-state index contributed by atoms with van der Waals surface area (Å²) in [5.41, 5.74) is 4.98. The molecule has 4 N–H and O–H groups in total. The van der Waals surface area contributed by atoms with Crippen LogP contribution in [0.3, 0.4) is 0 Å². The van der Waals surface area contributed by atoms with Gasteiger partial charge in [-0.05, 0) is 43.4 Å². The molecule has 0 aliphatic heterocycles. The van der Waals surface area contributed by atoms with Crippen LogP contribution in [0.15, 0.2) is 18.2 Å². The molecule has 19 heavy (non-hydrogen) atoms. The van der Waals surface area contributed by atoms with Crippen LogP contribution in [0.1, 0.15) is 48.5 Å². The van der Waals surface area contributed by atoms with Gasteiger partial charge in [-0.3, -0.25) is 10.6 Å². The maximum Gasteiger partial charge on any atom is 0.253 e. The highest BCUT2D eigenvalue weighted by molar-refractivity contribution is 5.99. The summed E-state index contributed by atoms with van der Waals surface area (Å²) in [5.74, 6) is 6.01. The van der Waals surface area contributed by atoms with Gasteiger partial charge in [0.2, 0.25) is 0 Å². The molecule has 2 unspecified atom stereocenters. The first-order valence-corrected chi connectivity index (χ1v) is 7.00. The maximum absolute atomic E-state index is 12.3. The van der Waals surface area contributed by atoms with Crippen molar-refractivity contribution in [3.8, 4) is 0 Å². The molecule has 4 nitrogen and oxygen atoms in total. The fraction of sp³-hybridized carbons (Fsp3) is 0.533. The van der Waals surface area contributed by atoms with Crippen LogP contribution in [0.4, 0.5) is 5.69 Å². The second kappa shape index (κ2) is 6.06. The van der Waals surface area contributed by atoms with Crippen LogP contribution < -0.4 is 16.6 Å². The number of carbonyl (C=O) groups excluding carboxylic acids is 1. The summed E-state index contributed by atoms with van der Waals surface area (Å²) < 4.78 is 0. The van der Waals surface area contributed by atoms with E-state index in [1.54, 1.807) is 0 Å². The lowest BCUT2D eigenvalue weighted by Gasteiger charge is -2.29. The molecule has 0 heterocycles. The molecule has 1 aliphatic rings. The van der Waals surface area contributed by atoms with Crippen molar-refractivity contribution in [2.24, 2.45) is 11.8 Å². The van der Waals surface area contributed by atoms with Crippen LogP contribution in [0.5, 0.6) is 0 Å². The molecule has 2 atom stereocenters. The largest absolute Gasteiger partial charge is 0.349 e. The summed E-state index contributed by atoms with van der Waals surface area (Å²) >= 11 is 0. The molecular weight excluding hydrogens is 238 g/mol. The Morgan fingerprint density at radius 1 is 1.32 bits per heavy atom. The van der Waals surface area contributed by atoms with Gasteiger partial charge in [-0.15, -0.1) is 0 Å². The summed E-state index contributed by atoms with van der Waals surface area (Å²) in [7, 11) is 0. The highest BCUT2D eigenvalue weighted by Crippen LogP contribution is 2.24. The van der Waals surface area contributed by atoms with E-state index in [-0.39, 0.29) is 11.9 Å². The third-order valence-electron chi connectivity index (χ3n) is 4.00. The first kappa shape index (κ1) is 13.9. The fourth-order valence-electron chi connectivity index (χ4n) is 2.75. The Morgan fingerprint density at radius 3 is 2.74 bits per heavy atom. The van der Waals surface area contributed by atoms with Gasteiger partial charge in [-0.25, -0.2) is 0 Å². The van der Waals surface area contributed by atoms with Crippen LogP contribution in [0.2, 0.25) is 0 Å². The molecule has 0 radical (unpaired) electrons. The summed E-state index contributed by atoms with van der Waals surface area (Å²) in [6, 6.07) is 5.93. The molecule has 0 spiro atoms. The number of nitrogens with two attached hydrogens (primary N) is 1. The van der Waals surface area contributed by atoms with Crippen LogP contribution in [-0.4, -0.2) is 11.9 Å². The van der Waals surface area contributed by atoms with Crippen LogP contribution in [0.25, 0.3) is 0 Å². The standard InChI is InChI=1S/C15H23N3O/c1-10-7-8-12(14(9-10)18-16)15(19)17-13-6-4-3-5-11(13)2/h7-9,11,13,18H,3-6,16H2,1-2H3,(H,17,19). The van der Waals surface area contributed by atoms with E-state index < -0.39 is 0 Å². The summed E-state index contributed by atoms with van der Waals surface area (Å²) in [4.78, 5) is 12.3. The topological polar surface area (TPSA) is 67.2 Å². The Labute approximate surface area is 114 Å². The third-order valence-corrected chi connectivity index (χ3v) is 4.00. The second-order valence-electron chi connectivity index (χ2n) is 5.54. The lowest BCUT2D eigenvalue weighted by atomic mass is 9.86. The number of rotatable bonds is 3. The number of aryl methyl sites for hydroxylation is 1. The molecule has 1 aromatic carbocycles. The second-order valence-corrected chi connectivity index (χ2v) is 5.54. The first-order chi connectivity index (χ1) is 9.11. The third kappa shape index (κ3) is 3.26. The Morgan fingerprint density at radius 2 is 2.05 bits per heavy atom. The van der Waals surface area contributed by atoms with Crippen molar-refractivity contribution in [1.29, 1.82) is 0 Å². The fourth-order valence-corrected chi connectivity index (χ4v) is 2.75. The van der Waals surface area contributed by atoms with E-state index in [1.807, 2.05) is 25.1 Å². The predicted molar refractivity (Wildman–Crippen MR) is 77.9 cm³/mol. The maximum atomic E-state index is 12.3. The molecule has 1 aliphatic carbocycles. The van der Waals surface area contributed by atoms with E-state index in [2.05, 4.69) is 17.7 Å². The molecule has 1 saturated carbocycles. The molecule has 0 bridgehead atoms. The minimum atomic E-state index is -0.0355. The number of hydrazine groups is 1. The molecule has 1 fully saturated rings. The monoisotopic (exact) mass is 261 g/mol. The van der Waals surface area contributed by atoms with Gasteiger partial charge >= 0.3 is 0 Å². The number of hydrogen-bond donors (Lipinski definition) is 3. The van der Waals surface area contributed by atoms with E-state index in [9.17, 15) is 4.79 Å². The van der Waals surface area contributed by atoms with Crippen molar-refractivity contribution in [3.05, 3.63) is 29.3 Å². The molecule has 2 rings (SSSR count). The average Bonchev–Trinajstić information content (AvgIpc) is 2.41. The van der Waals surface area contributed by atoms with Crippen LogP contribution in [-0.2, 0) is 0 Å². The Kier molecular flexibility index (Phi) is 4.43. The van der Waals surface area contributed by atoms with E-state index in [0.717, 1.165) is 12.0 Å². The zero-order valence-electron chi connectivity index (χ0n) is 11.7. The average molecular weight is 261 g/mol. The molecule has 104 valence electrons. The molecular formula is C15H23N3O. The smallest absolute Gasteiger partial charge is 0.253 e. The molecule has 1 aromatic rings. The Bertz CT molecular complexity index is 459. The van der Waals surface area contributed by atoms with Crippen LogP contribution in [0, 0.1) is 12.8 Å². The summed E-state index contributed by atoms with van der Waals surface area (Å²) in [6.07, 6.45) is 4.74. The predicted octanol–water partition coefficient (Wildman–Crippen LogP) is 2.59. The number of nitrogen functional groups attached to an aromatic ring is 1. The minimum absolute atomic E-state index is 0.0355. The number of hydrogen-bond acceptors (Lipinski definition) is 3. The lowest BCUT2D eigenvalue weighted by molar-refractivity contribution is 0.0911. The van der Waals surface area contributed by atoms with Gasteiger partial charge in [-0.2, -0.15) is 0 Å². The van der Waals surface area contributed by atoms with Crippen molar-refractivity contribution >= 4 is 11.6 Å². The number of carbonyl (C=O) groups is 1. The van der Waals surface area contributed by atoms with Gasteiger partial charge in [0.15, 0.2) is 0 Å². The van der Waals surface area contributed by atoms with Gasteiger partial charge in [-0.1, -0.05) is 25.8 Å². The molecule has 1 amide bonds. The van der Waals surface area contributed by atoms with Gasteiger partial charge < -0.3 is 10.7 Å². The Balaban J connectivity index is 2.11. The minimum Gasteiger partial charge on any atom is -0.349 e. The van der Waals surface area contributed by atoms with Crippen molar-refractivity contribution in [2.45, 2.75) is 45.6 Å². The molecule has 0 aromatic heterocycles. The van der Waals surface area contributed by atoms with E-state index in [1.165, 1.54) is 19.3 Å². The highest BCUT2D eigenvalue weighted by atomic mass is 16.1. The van der Waals surface area contributed by atoms with Crippen molar-refractivity contribution in [2.75, 3.05) is 5.43 Å². The number of benzene rings is 1. The van der Waals surface area contributed by atoms with Crippen molar-refractivity contribution in [3.63, 3.8) is 0 Å². The van der Waals surface area contributed by atoms with Gasteiger partial charge in [0.25, 0.3) is 5.91 Å². The highest BCUT2D eigenvalue weighted by Gasteiger charge is 2.24. The van der Waals surface area contributed by atoms with Crippen molar-refractivity contribution < 1.29 is 4.79 Å². The zero-order chi connectivity index (χ0) is 13.8. The van der Waals surface area contributed by atoms with Gasteiger partial charge in [0.05, 0.1) is 11.3 Å². The number of anilines is 1. The van der Waals surface area contributed by atoms with E-state index in [4.69, 9.17) is 5.84 Å². The van der Waals surface area contributed by atoms with E-state index in [0.29, 0.717) is 17.2 Å².